The Bertz CT molecular complexity index is 507. The molecule has 0 saturated carbocycles. The van der Waals surface area contributed by atoms with Crippen molar-refractivity contribution < 1.29 is 14.0 Å². The molecule has 0 bridgehead atoms. The Labute approximate surface area is 132 Å². The van der Waals surface area contributed by atoms with E-state index in [1.54, 1.807) is 31.1 Å². The summed E-state index contributed by atoms with van der Waals surface area (Å²) in [6.45, 7) is 2.09. The minimum absolute atomic E-state index is 0.0536. The molecule has 1 aromatic heterocycles. The van der Waals surface area contributed by atoms with Gasteiger partial charge in [-0.15, -0.1) is 0 Å². The molecule has 6 nitrogen and oxygen atoms in total. The van der Waals surface area contributed by atoms with Gasteiger partial charge in [-0.3, -0.25) is 4.79 Å². The van der Waals surface area contributed by atoms with Gasteiger partial charge in [-0.2, -0.15) is 0 Å². The third-order valence-electron chi connectivity index (χ3n) is 3.62. The molecule has 0 aromatic carbocycles. The molecule has 21 heavy (non-hydrogen) atoms. The van der Waals surface area contributed by atoms with Crippen molar-refractivity contribution in [3.8, 4) is 0 Å². The van der Waals surface area contributed by atoms with Gasteiger partial charge in [0.25, 0.3) is 5.91 Å². The Hall–Kier alpha value is -1.50. The number of piperidine rings is 1. The Kier molecular flexibility index (Phi) is 5.27. The van der Waals surface area contributed by atoms with Crippen LogP contribution in [0.5, 0.6) is 0 Å². The largest absolute Gasteiger partial charge is 0.444 e. The Balaban J connectivity index is 1.74. The molecule has 116 valence electrons. The van der Waals surface area contributed by atoms with Gasteiger partial charge in [-0.25, -0.2) is 4.79 Å². The van der Waals surface area contributed by atoms with E-state index in [0.717, 1.165) is 25.9 Å². The highest BCUT2D eigenvalue weighted by atomic mass is 79.9. The second kappa shape index (κ2) is 6.98. The zero-order valence-corrected chi connectivity index (χ0v) is 13.9. The summed E-state index contributed by atoms with van der Waals surface area (Å²) in [6.07, 6.45) is 1.81. The quantitative estimate of drug-likeness (QED) is 0.901. The lowest BCUT2D eigenvalue weighted by molar-refractivity contribution is 0.0907. The lowest BCUT2D eigenvalue weighted by atomic mass is 9.97. The monoisotopic (exact) mass is 357 g/mol. The number of amides is 3. The van der Waals surface area contributed by atoms with E-state index in [-0.39, 0.29) is 11.9 Å². The van der Waals surface area contributed by atoms with Crippen molar-refractivity contribution in [2.45, 2.75) is 12.8 Å². The molecule has 7 heteroatoms. The molecule has 1 N–H and O–H groups in total. The lowest BCUT2D eigenvalue weighted by Gasteiger charge is -2.33. The lowest BCUT2D eigenvalue weighted by Crippen LogP contribution is -2.45. The molecule has 1 saturated heterocycles. The third kappa shape index (κ3) is 4.23. The SMILES string of the molecule is CN(C)C(=O)N1CCC(CNC(=O)c2ccc(Br)o2)CC1. The highest BCUT2D eigenvalue weighted by Crippen LogP contribution is 2.18. The summed E-state index contributed by atoms with van der Waals surface area (Å²) in [5.74, 6) is 0.508. The molecule has 2 heterocycles. The van der Waals surface area contributed by atoms with Gasteiger partial charge in [-0.05, 0) is 46.8 Å². The molecule has 0 aliphatic carbocycles. The number of carbonyl (C=O) groups excluding carboxylic acids is 2. The number of nitrogens with one attached hydrogen (secondary N) is 1. The molecular formula is C14H20BrN3O3. The van der Waals surface area contributed by atoms with E-state index in [1.807, 2.05) is 4.90 Å². The average molecular weight is 358 g/mol. The normalized spacial score (nSPS) is 15.9. The van der Waals surface area contributed by atoms with E-state index in [0.29, 0.717) is 22.9 Å². The maximum atomic E-state index is 11.9. The third-order valence-corrected chi connectivity index (χ3v) is 4.04. The summed E-state index contributed by atoms with van der Waals surface area (Å²) in [5.41, 5.74) is 0. The van der Waals surface area contributed by atoms with Crippen molar-refractivity contribution in [1.29, 1.82) is 0 Å². The van der Waals surface area contributed by atoms with Crippen molar-refractivity contribution >= 4 is 27.9 Å². The van der Waals surface area contributed by atoms with Crippen LogP contribution < -0.4 is 5.32 Å². The summed E-state index contributed by atoms with van der Waals surface area (Å²) < 4.78 is 5.75. The molecule has 1 aromatic rings. The first kappa shape index (κ1) is 15.9. The van der Waals surface area contributed by atoms with Crippen molar-refractivity contribution in [3.63, 3.8) is 0 Å². The van der Waals surface area contributed by atoms with Gasteiger partial charge in [0, 0.05) is 33.7 Å². The van der Waals surface area contributed by atoms with Crippen LogP contribution in [-0.2, 0) is 0 Å². The molecule has 0 spiro atoms. The van der Waals surface area contributed by atoms with Crippen molar-refractivity contribution in [3.05, 3.63) is 22.6 Å². The van der Waals surface area contributed by atoms with Crippen molar-refractivity contribution in [1.82, 2.24) is 15.1 Å². The number of furan rings is 1. The van der Waals surface area contributed by atoms with Crippen LogP contribution in [0.2, 0.25) is 0 Å². The number of nitrogens with zero attached hydrogens (tertiary/aromatic N) is 2. The van der Waals surface area contributed by atoms with Crippen LogP contribution in [0.4, 0.5) is 4.79 Å². The van der Waals surface area contributed by atoms with Crippen molar-refractivity contribution in [2.75, 3.05) is 33.7 Å². The van der Waals surface area contributed by atoms with E-state index in [4.69, 9.17) is 4.42 Å². The van der Waals surface area contributed by atoms with Crippen LogP contribution in [0, 0.1) is 5.92 Å². The second-order valence-electron chi connectivity index (χ2n) is 5.42. The number of carbonyl (C=O) groups is 2. The zero-order chi connectivity index (χ0) is 15.4. The maximum absolute atomic E-state index is 11.9. The highest BCUT2D eigenvalue weighted by molar-refractivity contribution is 9.10. The summed E-state index contributed by atoms with van der Waals surface area (Å²) in [5, 5.41) is 2.88. The fraction of sp³-hybridized carbons (Fsp3) is 0.571. The summed E-state index contributed by atoms with van der Waals surface area (Å²) in [7, 11) is 3.52. The fourth-order valence-corrected chi connectivity index (χ4v) is 2.68. The van der Waals surface area contributed by atoms with Crippen LogP contribution in [0.25, 0.3) is 0 Å². The van der Waals surface area contributed by atoms with Gasteiger partial charge in [0.15, 0.2) is 10.4 Å². The number of rotatable bonds is 3. The molecule has 1 fully saturated rings. The van der Waals surface area contributed by atoms with Gasteiger partial charge in [0.05, 0.1) is 0 Å². The number of hydrogen-bond donors (Lipinski definition) is 1. The molecule has 0 radical (unpaired) electrons. The zero-order valence-electron chi connectivity index (χ0n) is 12.3. The Morgan fingerprint density at radius 2 is 2.05 bits per heavy atom. The van der Waals surface area contributed by atoms with Gasteiger partial charge < -0.3 is 19.5 Å². The van der Waals surface area contributed by atoms with E-state index in [2.05, 4.69) is 21.2 Å². The number of halogens is 1. The molecule has 1 aliphatic heterocycles. The van der Waals surface area contributed by atoms with Gasteiger partial charge in [0.2, 0.25) is 0 Å². The topological polar surface area (TPSA) is 65.8 Å². The summed E-state index contributed by atoms with van der Waals surface area (Å²) in [6, 6.07) is 3.39. The molecular weight excluding hydrogens is 338 g/mol. The number of urea groups is 1. The van der Waals surface area contributed by atoms with Gasteiger partial charge in [-0.1, -0.05) is 0 Å². The fourth-order valence-electron chi connectivity index (χ4n) is 2.37. The first-order valence-corrected chi connectivity index (χ1v) is 7.76. The minimum atomic E-state index is -0.201. The summed E-state index contributed by atoms with van der Waals surface area (Å²) >= 11 is 3.17. The second-order valence-corrected chi connectivity index (χ2v) is 6.20. The Morgan fingerprint density at radius 3 is 2.57 bits per heavy atom. The highest BCUT2D eigenvalue weighted by Gasteiger charge is 2.24. The average Bonchev–Trinajstić information content (AvgIpc) is 2.91. The first-order valence-electron chi connectivity index (χ1n) is 6.97. The minimum Gasteiger partial charge on any atom is -0.444 e. The molecule has 3 amide bonds. The van der Waals surface area contributed by atoms with Gasteiger partial charge >= 0.3 is 6.03 Å². The number of hydrogen-bond acceptors (Lipinski definition) is 3. The molecule has 0 atom stereocenters. The van der Waals surface area contributed by atoms with Crippen LogP contribution >= 0.6 is 15.9 Å². The van der Waals surface area contributed by atoms with Gasteiger partial charge in [0.1, 0.15) is 0 Å². The van der Waals surface area contributed by atoms with Crippen LogP contribution in [-0.4, -0.2) is 55.5 Å². The van der Waals surface area contributed by atoms with E-state index >= 15 is 0 Å². The smallest absolute Gasteiger partial charge is 0.319 e. The van der Waals surface area contributed by atoms with Crippen LogP contribution in [0.3, 0.4) is 0 Å². The molecule has 0 unspecified atom stereocenters. The first-order chi connectivity index (χ1) is 9.97. The van der Waals surface area contributed by atoms with E-state index in [1.165, 1.54) is 0 Å². The van der Waals surface area contributed by atoms with Crippen molar-refractivity contribution in [2.24, 2.45) is 5.92 Å². The van der Waals surface area contributed by atoms with E-state index < -0.39 is 0 Å². The predicted octanol–water partition coefficient (Wildman–Crippen LogP) is 2.17. The van der Waals surface area contributed by atoms with Crippen LogP contribution in [0.1, 0.15) is 23.4 Å². The Morgan fingerprint density at radius 1 is 1.38 bits per heavy atom. The standard InChI is InChI=1S/C14H20BrN3O3/c1-17(2)14(20)18-7-5-10(6-8-18)9-16-13(19)11-3-4-12(15)21-11/h3-4,10H,5-9H2,1-2H3,(H,16,19). The summed E-state index contributed by atoms with van der Waals surface area (Å²) in [4.78, 5) is 27.1. The predicted molar refractivity (Wildman–Crippen MR) is 82.1 cm³/mol. The number of likely N-dealkylation sites (tertiary alicyclic amines) is 1. The van der Waals surface area contributed by atoms with E-state index in [9.17, 15) is 9.59 Å². The van der Waals surface area contributed by atoms with Crippen LogP contribution in [0.15, 0.2) is 21.2 Å². The molecule has 2 rings (SSSR count). The molecule has 1 aliphatic rings. The maximum Gasteiger partial charge on any atom is 0.319 e.